The molecular formula is C11H24NO2S+. The van der Waals surface area contributed by atoms with E-state index in [4.69, 9.17) is 0 Å². The molecule has 0 saturated heterocycles. The van der Waals surface area contributed by atoms with Crippen molar-refractivity contribution < 1.29 is 12.3 Å². The maximum atomic E-state index is 11.9. The molecular weight excluding hydrogens is 210 g/mol. The number of quaternary nitrogens is 1. The Balaban J connectivity index is 4.66. The molecule has 4 heteroatoms. The van der Waals surface area contributed by atoms with Crippen LogP contribution in [0, 0.1) is 5.92 Å². The molecule has 0 radical (unpaired) electrons. The third kappa shape index (κ3) is 3.61. The van der Waals surface area contributed by atoms with E-state index in [1.807, 2.05) is 13.0 Å². The van der Waals surface area contributed by atoms with Crippen LogP contribution in [0.1, 0.15) is 27.2 Å². The fraction of sp³-hybridized carbons (Fsp3) is 0.818. The molecule has 0 heterocycles. The highest BCUT2D eigenvalue weighted by atomic mass is 32.2. The van der Waals surface area contributed by atoms with Gasteiger partial charge in [-0.1, -0.05) is 13.0 Å². The van der Waals surface area contributed by atoms with Crippen LogP contribution in [-0.2, 0) is 10.0 Å². The van der Waals surface area contributed by atoms with Crippen LogP contribution in [0.25, 0.3) is 0 Å². The molecule has 0 aromatic rings. The van der Waals surface area contributed by atoms with Gasteiger partial charge in [0.25, 0.3) is 10.0 Å². The zero-order chi connectivity index (χ0) is 12.1. The molecule has 15 heavy (non-hydrogen) atoms. The lowest BCUT2D eigenvalue weighted by Crippen LogP contribution is -2.50. The molecule has 0 aromatic heterocycles. The second-order valence-electron chi connectivity index (χ2n) is 4.21. The van der Waals surface area contributed by atoms with Crippen molar-refractivity contribution in [1.82, 2.24) is 0 Å². The lowest BCUT2D eigenvalue weighted by Gasteiger charge is -2.32. The molecule has 0 amide bonds. The lowest BCUT2D eigenvalue weighted by molar-refractivity contribution is -0.783. The minimum Gasteiger partial charge on any atom is -0.221 e. The molecule has 0 rings (SSSR count). The monoisotopic (exact) mass is 234 g/mol. The SMILES string of the molecule is C=C[C@@H](C)CC[N+](C)(CC)S(=O)(=O)CC. The quantitative estimate of drug-likeness (QED) is 0.499. The van der Waals surface area contributed by atoms with Crippen LogP contribution in [0.2, 0.25) is 0 Å². The topological polar surface area (TPSA) is 34.1 Å². The average molecular weight is 234 g/mol. The van der Waals surface area contributed by atoms with Gasteiger partial charge >= 0.3 is 0 Å². The standard InChI is InChI=1S/C11H24NO2S/c1-6-11(4)9-10-12(5,7-2)15(13,14)8-3/h6,11H,1,7-10H2,2-5H3/q+1/t11-,12?/m1/s1. The normalized spacial score (nSPS) is 18.1. The van der Waals surface area contributed by atoms with E-state index >= 15 is 0 Å². The van der Waals surface area contributed by atoms with Gasteiger partial charge in [0.2, 0.25) is 0 Å². The maximum Gasteiger partial charge on any atom is 0.296 e. The summed E-state index contributed by atoms with van der Waals surface area (Å²) in [6, 6.07) is 0. The molecule has 0 aliphatic rings. The highest BCUT2D eigenvalue weighted by Gasteiger charge is 2.33. The molecule has 0 fully saturated rings. The van der Waals surface area contributed by atoms with E-state index in [0.717, 1.165) is 6.42 Å². The number of hydrogen-bond acceptors (Lipinski definition) is 2. The van der Waals surface area contributed by atoms with Gasteiger partial charge in [-0.25, -0.2) is 3.89 Å². The van der Waals surface area contributed by atoms with Gasteiger partial charge in [-0.15, -0.1) is 6.58 Å². The molecule has 0 aliphatic heterocycles. The predicted molar refractivity (Wildman–Crippen MR) is 65.0 cm³/mol. The van der Waals surface area contributed by atoms with E-state index < -0.39 is 10.0 Å². The molecule has 0 aliphatic carbocycles. The van der Waals surface area contributed by atoms with Crippen LogP contribution >= 0.6 is 0 Å². The molecule has 0 saturated carbocycles. The summed E-state index contributed by atoms with van der Waals surface area (Å²) in [5.74, 6) is 0.584. The summed E-state index contributed by atoms with van der Waals surface area (Å²) < 4.78 is 23.9. The number of allylic oxidation sites excluding steroid dienone is 1. The van der Waals surface area contributed by atoms with E-state index in [0.29, 0.717) is 19.0 Å². The summed E-state index contributed by atoms with van der Waals surface area (Å²) in [7, 11) is -1.21. The molecule has 3 nitrogen and oxygen atoms in total. The van der Waals surface area contributed by atoms with Gasteiger partial charge in [-0.2, -0.15) is 8.42 Å². The van der Waals surface area contributed by atoms with Crippen molar-refractivity contribution in [3.8, 4) is 0 Å². The van der Waals surface area contributed by atoms with E-state index in [-0.39, 0.29) is 9.64 Å². The Hall–Kier alpha value is -0.350. The van der Waals surface area contributed by atoms with Crippen molar-refractivity contribution in [1.29, 1.82) is 0 Å². The third-order valence-corrected chi connectivity index (χ3v) is 5.68. The van der Waals surface area contributed by atoms with Gasteiger partial charge < -0.3 is 0 Å². The van der Waals surface area contributed by atoms with Crippen molar-refractivity contribution in [2.24, 2.45) is 5.92 Å². The Kier molecular flexibility index (Phi) is 5.53. The van der Waals surface area contributed by atoms with Crippen LogP contribution in [0.5, 0.6) is 0 Å². The van der Waals surface area contributed by atoms with Crippen LogP contribution in [0.3, 0.4) is 0 Å². The van der Waals surface area contributed by atoms with Gasteiger partial charge in [-0.05, 0) is 19.8 Å². The molecule has 2 atom stereocenters. The van der Waals surface area contributed by atoms with Crippen molar-refractivity contribution in [2.45, 2.75) is 27.2 Å². The fourth-order valence-electron chi connectivity index (χ4n) is 1.40. The largest absolute Gasteiger partial charge is 0.296 e. The van der Waals surface area contributed by atoms with Gasteiger partial charge in [0, 0.05) is 6.42 Å². The Bertz CT molecular complexity index is 298. The Labute approximate surface area is 94.4 Å². The first kappa shape index (κ1) is 14.6. The summed E-state index contributed by atoms with van der Waals surface area (Å²) >= 11 is 0. The smallest absolute Gasteiger partial charge is 0.221 e. The first-order valence-electron chi connectivity index (χ1n) is 5.53. The van der Waals surface area contributed by atoms with Crippen molar-refractivity contribution in [3.05, 3.63) is 12.7 Å². The zero-order valence-corrected chi connectivity index (χ0v) is 11.2. The minimum absolute atomic E-state index is 0.141. The Morgan fingerprint density at radius 1 is 1.40 bits per heavy atom. The van der Waals surface area contributed by atoms with E-state index in [1.165, 1.54) is 0 Å². The van der Waals surface area contributed by atoms with Gasteiger partial charge in [0.15, 0.2) is 0 Å². The minimum atomic E-state index is -3.01. The molecule has 0 spiro atoms. The molecule has 90 valence electrons. The number of hydrogen-bond donors (Lipinski definition) is 0. The summed E-state index contributed by atoms with van der Waals surface area (Å²) in [5, 5.41) is 0. The number of rotatable bonds is 7. The van der Waals surface area contributed by atoms with Gasteiger partial charge in [-0.3, -0.25) is 0 Å². The zero-order valence-electron chi connectivity index (χ0n) is 10.4. The third-order valence-electron chi connectivity index (χ3n) is 3.17. The average Bonchev–Trinajstić information content (AvgIpc) is 2.24. The van der Waals surface area contributed by atoms with Gasteiger partial charge in [0.05, 0.1) is 25.9 Å². The highest BCUT2D eigenvalue weighted by molar-refractivity contribution is 7.85. The van der Waals surface area contributed by atoms with Crippen LogP contribution in [-0.4, -0.2) is 38.2 Å². The van der Waals surface area contributed by atoms with E-state index in [2.05, 4.69) is 13.5 Å². The summed E-state index contributed by atoms with van der Waals surface area (Å²) in [5.41, 5.74) is 0. The molecule has 1 unspecified atom stereocenters. The summed E-state index contributed by atoms with van der Waals surface area (Å²) in [6.07, 6.45) is 2.74. The summed E-state index contributed by atoms with van der Waals surface area (Å²) in [6.45, 7) is 10.7. The predicted octanol–water partition coefficient (Wildman–Crippen LogP) is 2.01. The first-order valence-corrected chi connectivity index (χ1v) is 7.13. The van der Waals surface area contributed by atoms with Crippen molar-refractivity contribution in [2.75, 3.05) is 25.9 Å². The van der Waals surface area contributed by atoms with Crippen LogP contribution in [0.4, 0.5) is 0 Å². The number of nitrogens with zero attached hydrogens (tertiary/aromatic N) is 1. The molecule has 0 bridgehead atoms. The van der Waals surface area contributed by atoms with Crippen molar-refractivity contribution in [3.63, 3.8) is 0 Å². The highest BCUT2D eigenvalue weighted by Crippen LogP contribution is 2.16. The maximum absolute atomic E-state index is 11.9. The first-order chi connectivity index (χ1) is 6.83. The van der Waals surface area contributed by atoms with E-state index in [9.17, 15) is 8.42 Å². The Morgan fingerprint density at radius 2 is 1.93 bits per heavy atom. The fourth-order valence-corrected chi connectivity index (χ4v) is 2.80. The number of sulfonamides is 1. The molecule has 0 N–H and O–H groups in total. The Morgan fingerprint density at radius 3 is 2.27 bits per heavy atom. The second-order valence-corrected chi connectivity index (χ2v) is 6.83. The van der Waals surface area contributed by atoms with Crippen molar-refractivity contribution >= 4 is 10.0 Å². The van der Waals surface area contributed by atoms with Crippen LogP contribution < -0.4 is 0 Å². The lowest BCUT2D eigenvalue weighted by atomic mass is 10.1. The van der Waals surface area contributed by atoms with Crippen LogP contribution in [0.15, 0.2) is 12.7 Å². The van der Waals surface area contributed by atoms with Gasteiger partial charge in [0.1, 0.15) is 0 Å². The second kappa shape index (κ2) is 5.66. The molecule has 0 aromatic carbocycles. The summed E-state index contributed by atoms with van der Waals surface area (Å²) in [4.78, 5) is 0. The van der Waals surface area contributed by atoms with E-state index in [1.54, 1.807) is 14.0 Å².